The van der Waals surface area contributed by atoms with Gasteiger partial charge >= 0.3 is 5.69 Å². The van der Waals surface area contributed by atoms with Crippen LogP contribution >= 0.6 is 0 Å². The largest absolute Gasteiger partial charge is 0.352 e. The molecule has 1 aliphatic rings. The van der Waals surface area contributed by atoms with Crippen LogP contribution in [-0.2, 0) is 7.05 Å². The molecule has 1 aliphatic carbocycles. The minimum Gasteiger partial charge on any atom is -0.352 e. The zero-order valence-electron chi connectivity index (χ0n) is 20.7. The molecule has 10 nitrogen and oxygen atoms in total. The van der Waals surface area contributed by atoms with E-state index in [-0.39, 0.29) is 34.6 Å². The van der Waals surface area contributed by atoms with Crippen molar-refractivity contribution in [2.24, 2.45) is 7.05 Å². The molecule has 0 unspecified atom stereocenters. The molecule has 0 aliphatic heterocycles. The smallest absolute Gasteiger partial charge is 0.332 e. The number of carbonyl (C=O) groups is 1. The number of aromatic nitrogens is 5. The third-order valence-electron chi connectivity index (χ3n) is 6.82. The van der Waals surface area contributed by atoms with Crippen LogP contribution in [0.1, 0.15) is 62.4 Å². The van der Waals surface area contributed by atoms with Crippen molar-refractivity contribution in [1.29, 1.82) is 0 Å². The minimum absolute atomic E-state index is 0.00330. The monoisotopic (exact) mass is 479 g/mol. The second kappa shape index (κ2) is 10.9. The lowest BCUT2D eigenvalue weighted by molar-refractivity contribution is 0.0952. The summed E-state index contributed by atoms with van der Waals surface area (Å²) in [6.07, 6.45) is 4.71. The zero-order valence-corrected chi connectivity index (χ0v) is 20.7. The Labute approximate surface area is 204 Å². The fourth-order valence-electron chi connectivity index (χ4n) is 4.66. The molecule has 1 saturated carbocycles. The van der Waals surface area contributed by atoms with Crippen LogP contribution in [0.25, 0.3) is 22.6 Å². The second-order valence-electron chi connectivity index (χ2n) is 8.98. The molecule has 0 radical (unpaired) electrons. The lowest BCUT2D eigenvalue weighted by atomic mass is 10.1. The summed E-state index contributed by atoms with van der Waals surface area (Å²) in [5.41, 5.74) is 0.657. The van der Waals surface area contributed by atoms with E-state index in [0.717, 1.165) is 56.3 Å². The van der Waals surface area contributed by atoms with E-state index in [0.29, 0.717) is 17.7 Å². The van der Waals surface area contributed by atoms with E-state index in [1.54, 1.807) is 28.8 Å². The number of rotatable bonds is 9. The van der Waals surface area contributed by atoms with Crippen molar-refractivity contribution in [3.05, 3.63) is 50.7 Å². The van der Waals surface area contributed by atoms with Crippen LogP contribution in [0.15, 0.2) is 33.9 Å². The van der Waals surface area contributed by atoms with E-state index in [1.165, 1.54) is 7.05 Å². The maximum absolute atomic E-state index is 12.8. The summed E-state index contributed by atoms with van der Waals surface area (Å²) in [7, 11) is 1.47. The molecule has 2 aromatic heterocycles. The van der Waals surface area contributed by atoms with Crippen LogP contribution in [0.5, 0.6) is 0 Å². The molecule has 2 heterocycles. The Bertz CT molecular complexity index is 1300. The molecule has 1 amide bonds. The molecule has 4 rings (SSSR count). The van der Waals surface area contributed by atoms with Gasteiger partial charge in [-0.1, -0.05) is 38.8 Å². The molecule has 1 fully saturated rings. The third-order valence-corrected chi connectivity index (χ3v) is 6.82. The van der Waals surface area contributed by atoms with E-state index < -0.39 is 5.56 Å². The first-order valence-corrected chi connectivity index (χ1v) is 12.4. The summed E-state index contributed by atoms with van der Waals surface area (Å²) in [4.78, 5) is 44.9. The molecule has 0 saturated heterocycles. The van der Waals surface area contributed by atoms with E-state index in [9.17, 15) is 14.4 Å². The Balaban J connectivity index is 1.53. The highest BCUT2D eigenvalue weighted by molar-refractivity contribution is 5.94. The second-order valence-corrected chi connectivity index (χ2v) is 8.98. The normalized spacial score (nSPS) is 14.2. The van der Waals surface area contributed by atoms with Crippen LogP contribution in [0, 0.1) is 0 Å². The average molecular weight is 480 g/mol. The fraction of sp³-hybridized carbons (Fsp3) is 0.520. The molecule has 1 N–H and O–H groups in total. The molecule has 35 heavy (non-hydrogen) atoms. The number of hydrogen-bond donors (Lipinski definition) is 1. The fourth-order valence-corrected chi connectivity index (χ4v) is 4.66. The first kappa shape index (κ1) is 24.7. The summed E-state index contributed by atoms with van der Waals surface area (Å²) in [6.45, 7) is 7.83. The van der Waals surface area contributed by atoms with Crippen molar-refractivity contribution in [3.8, 4) is 11.4 Å². The third kappa shape index (κ3) is 5.17. The van der Waals surface area contributed by atoms with Gasteiger partial charge < -0.3 is 10.2 Å². The first-order valence-electron chi connectivity index (χ1n) is 12.4. The predicted octanol–water partition coefficient (Wildman–Crippen LogP) is 2.13. The molecular formula is C25H33N7O3. The van der Waals surface area contributed by atoms with Crippen molar-refractivity contribution in [3.63, 3.8) is 0 Å². The van der Waals surface area contributed by atoms with Crippen molar-refractivity contribution < 1.29 is 4.79 Å². The molecule has 186 valence electrons. The highest BCUT2D eigenvalue weighted by atomic mass is 16.2. The Hall–Kier alpha value is -3.40. The number of carbonyl (C=O) groups excluding carboxylic acids is 1. The highest BCUT2D eigenvalue weighted by Gasteiger charge is 2.24. The Kier molecular flexibility index (Phi) is 7.70. The van der Waals surface area contributed by atoms with Gasteiger partial charge in [0, 0.05) is 30.8 Å². The van der Waals surface area contributed by atoms with Gasteiger partial charge in [-0.3, -0.25) is 18.7 Å². The summed E-state index contributed by atoms with van der Waals surface area (Å²) in [6, 6.07) is 6.90. The first-order chi connectivity index (χ1) is 16.9. The number of fused-ring (bicyclic) bond motifs is 1. The van der Waals surface area contributed by atoms with Crippen LogP contribution in [0.4, 0.5) is 0 Å². The lowest BCUT2D eigenvalue weighted by Crippen LogP contribution is -2.40. The Morgan fingerprint density at radius 1 is 1.09 bits per heavy atom. The number of nitrogens with zero attached hydrogens (tertiary/aromatic N) is 6. The Morgan fingerprint density at radius 2 is 1.77 bits per heavy atom. The number of hydrogen-bond acceptors (Lipinski definition) is 7. The topological polar surface area (TPSA) is 115 Å². The quantitative estimate of drug-likeness (QED) is 0.468. The van der Waals surface area contributed by atoms with Gasteiger partial charge in [0.05, 0.1) is 0 Å². The number of nitrogens with one attached hydrogen (secondary N) is 1. The Morgan fingerprint density at radius 3 is 2.43 bits per heavy atom. The van der Waals surface area contributed by atoms with Crippen LogP contribution in [0.2, 0.25) is 0 Å². The zero-order chi connectivity index (χ0) is 24.9. The van der Waals surface area contributed by atoms with Crippen molar-refractivity contribution in [2.75, 3.05) is 26.2 Å². The molecule has 0 atom stereocenters. The van der Waals surface area contributed by atoms with Gasteiger partial charge in [0.25, 0.3) is 11.5 Å². The minimum atomic E-state index is -0.490. The molecule has 0 spiro atoms. The van der Waals surface area contributed by atoms with Gasteiger partial charge in [-0.15, -0.1) is 10.2 Å². The van der Waals surface area contributed by atoms with Gasteiger partial charge in [0.1, 0.15) is 0 Å². The number of benzene rings is 1. The van der Waals surface area contributed by atoms with Crippen molar-refractivity contribution >= 4 is 17.1 Å². The maximum Gasteiger partial charge on any atom is 0.332 e. The van der Waals surface area contributed by atoms with Crippen LogP contribution < -0.4 is 16.6 Å². The number of amides is 1. The molecular weight excluding hydrogens is 446 g/mol. The molecule has 1 aromatic carbocycles. The highest BCUT2D eigenvalue weighted by Crippen LogP contribution is 2.29. The molecule has 10 heteroatoms. The van der Waals surface area contributed by atoms with Crippen LogP contribution in [0.3, 0.4) is 0 Å². The lowest BCUT2D eigenvalue weighted by Gasteiger charge is -2.17. The van der Waals surface area contributed by atoms with Crippen LogP contribution in [-0.4, -0.2) is 61.3 Å². The summed E-state index contributed by atoms with van der Waals surface area (Å²) in [5.74, 6) is 0.139. The van der Waals surface area contributed by atoms with E-state index >= 15 is 0 Å². The van der Waals surface area contributed by atoms with Crippen molar-refractivity contribution in [1.82, 2.24) is 34.5 Å². The van der Waals surface area contributed by atoms with E-state index in [4.69, 9.17) is 0 Å². The van der Waals surface area contributed by atoms with Gasteiger partial charge in [-0.05, 0) is 51.0 Å². The maximum atomic E-state index is 12.8. The summed E-state index contributed by atoms with van der Waals surface area (Å²) in [5, 5.41) is 11.4. The molecule has 0 bridgehead atoms. The van der Waals surface area contributed by atoms with Gasteiger partial charge in [0.2, 0.25) is 0 Å². The summed E-state index contributed by atoms with van der Waals surface area (Å²) < 4.78 is 2.66. The predicted molar refractivity (Wildman–Crippen MR) is 135 cm³/mol. The van der Waals surface area contributed by atoms with E-state index in [2.05, 4.69) is 39.2 Å². The van der Waals surface area contributed by atoms with Gasteiger partial charge in [0.15, 0.2) is 17.0 Å². The van der Waals surface area contributed by atoms with Gasteiger partial charge in [-0.2, -0.15) is 0 Å². The van der Waals surface area contributed by atoms with E-state index in [1.807, 2.05) is 0 Å². The average Bonchev–Trinajstić information content (AvgIpc) is 3.42. The standard InChI is InChI=1S/C25H33N7O3/c1-4-31(5-2)16-8-15-26-23(33)18-13-11-17(12-14-18)21-27-20-22(29-28-21)32(19-9-6-7-10-19)25(35)30(3)24(20)34/h11-14,19H,4-10,15-16H2,1-3H3,(H,26,33). The van der Waals surface area contributed by atoms with Crippen molar-refractivity contribution in [2.45, 2.75) is 52.0 Å². The SMILES string of the molecule is CCN(CC)CCCNC(=O)c1ccc(-c2nnc3c(n2)c(=O)n(C)c(=O)n3C2CCCC2)cc1. The summed E-state index contributed by atoms with van der Waals surface area (Å²) >= 11 is 0. The van der Waals surface area contributed by atoms with Gasteiger partial charge in [-0.25, -0.2) is 9.78 Å². The molecule has 3 aromatic rings.